The van der Waals surface area contributed by atoms with Gasteiger partial charge in [0, 0.05) is 28.0 Å². The molecule has 0 aliphatic carbocycles. The molecule has 0 saturated heterocycles. The van der Waals surface area contributed by atoms with Gasteiger partial charge in [0.05, 0.1) is 5.75 Å². The summed E-state index contributed by atoms with van der Waals surface area (Å²) in [6.07, 6.45) is 0.537. The van der Waals surface area contributed by atoms with Crippen LogP contribution in [0, 0.1) is 5.92 Å². The van der Waals surface area contributed by atoms with Crippen LogP contribution in [0.25, 0.3) is 0 Å². The molecule has 4 nitrogen and oxygen atoms in total. The van der Waals surface area contributed by atoms with Gasteiger partial charge in [-0.15, -0.1) is 11.8 Å². The molecule has 1 atom stereocenters. The first-order valence-corrected chi connectivity index (χ1v) is 11.7. The molecule has 0 aliphatic rings. The van der Waals surface area contributed by atoms with E-state index in [4.69, 9.17) is 23.2 Å². The van der Waals surface area contributed by atoms with Gasteiger partial charge in [-0.05, 0) is 54.3 Å². The number of rotatable bonds is 10. The highest BCUT2D eigenvalue weighted by molar-refractivity contribution is 8.00. The maximum absolute atomic E-state index is 13.2. The first kappa shape index (κ1) is 24.6. The van der Waals surface area contributed by atoms with Crippen LogP contribution in [0.15, 0.2) is 53.4 Å². The molecule has 0 saturated carbocycles. The van der Waals surface area contributed by atoms with E-state index in [0.717, 1.165) is 10.5 Å². The number of halogens is 2. The predicted molar refractivity (Wildman–Crippen MR) is 126 cm³/mol. The zero-order valence-electron chi connectivity index (χ0n) is 17.5. The molecule has 0 bridgehead atoms. The van der Waals surface area contributed by atoms with Gasteiger partial charge < -0.3 is 10.2 Å². The number of nitrogens with one attached hydrogen (secondary N) is 1. The molecule has 2 aromatic carbocycles. The Balaban J connectivity index is 2.17. The summed E-state index contributed by atoms with van der Waals surface area (Å²) in [5.74, 6) is 0.372. The van der Waals surface area contributed by atoms with E-state index in [-0.39, 0.29) is 17.6 Å². The van der Waals surface area contributed by atoms with Crippen LogP contribution >= 0.6 is 35.0 Å². The number of carbonyl (C=O) groups excluding carboxylic acids is 2. The fraction of sp³-hybridized carbons (Fsp3) is 0.391. The highest BCUT2D eigenvalue weighted by atomic mass is 35.5. The molecular formula is C23H28Cl2N2O2S. The minimum absolute atomic E-state index is 0.0866. The van der Waals surface area contributed by atoms with Crippen molar-refractivity contribution in [1.29, 1.82) is 0 Å². The number of thioether (sulfide) groups is 1. The molecule has 30 heavy (non-hydrogen) atoms. The Morgan fingerprint density at radius 2 is 1.57 bits per heavy atom. The molecule has 2 rings (SSSR count). The van der Waals surface area contributed by atoms with Crippen LogP contribution in [0.5, 0.6) is 0 Å². The molecule has 162 valence electrons. The molecular weight excluding hydrogens is 439 g/mol. The molecule has 0 aromatic heterocycles. The SMILES string of the molecule is CC[C@@H](C(=O)NCC(C)C)N(Cc1ccc(Cl)cc1)C(=O)CSc1ccc(Cl)cc1. The molecule has 7 heteroatoms. The lowest BCUT2D eigenvalue weighted by molar-refractivity contribution is -0.139. The van der Waals surface area contributed by atoms with Crippen molar-refractivity contribution in [1.82, 2.24) is 10.2 Å². The van der Waals surface area contributed by atoms with Gasteiger partial charge in [-0.3, -0.25) is 9.59 Å². The molecule has 0 radical (unpaired) electrons. The van der Waals surface area contributed by atoms with Gasteiger partial charge in [-0.1, -0.05) is 56.1 Å². The largest absolute Gasteiger partial charge is 0.354 e. The Labute approximate surface area is 193 Å². The van der Waals surface area contributed by atoms with Gasteiger partial charge in [0.25, 0.3) is 0 Å². The fourth-order valence-electron chi connectivity index (χ4n) is 2.89. The second-order valence-corrected chi connectivity index (χ2v) is 9.38. The van der Waals surface area contributed by atoms with Crippen LogP contribution in [0.1, 0.15) is 32.8 Å². The zero-order chi connectivity index (χ0) is 22.1. The lowest BCUT2D eigenvalue weighted by atomic mass is 10.1. The third-order valence-electron chi connectivity index (χ3n) is 4.51. The summed E-state index contributed by atoms with van der Waals surface area (Å²) in [5, 5.41) is 4.26. The highest BCUT2D eigenvalue weighted by Gasteiger charge is 2.28. The first-order chi connectivity index (χ1) is 14.3. The van der Waals surface area contributed by atoms with Crippen molar-refractivity contribution in [2.24, 2.45) is 5.92 Å². The summed E-state index contributed by atoms with van der Waals surface area (Å²) in [6, 6.07) is 14.2. The standard InChI is InChI=1S/C23H28Cl2N2O2S/c1-4-21(23(29)26-13-16(2)3)27(14-17-5-7-18(24)8-6-17)22(28)15-30-20-11-9-19(25)10-12-20/h5-12,16,21H,4,13-15H2,1-3H3,(H,26,29)/t21-/m0/s1. The number of hydrogen-bond acceptors (Lipinski definition) is 3. The van der Waals surface area contributed by atoms with Gasteiger partial charge in [-0.2, -0.15) is 0 Å². The molecule has 2 aromatic rings. The van der Waals surface area contributed by atoms with Crippen LogP contribution in [-0.4, -0.2) is 35.1 Å². The molecule has 0 heterocycles. The summed E-state index contributed by atoms with van der Waals surface area (Å²) in [7, 11) is 0. The minimum Gasteiger partial charge on any atom is -0.354 e. The van der Waals surface area contributed by atoms with E-state index in [1.54, 1.807) is 29.2 Å². The fourth-order valence-corrected chi connectivity index (χ4v) is 3.92. The van der Waals surface area contributed by atoms with E-state index in [1.807, 2.05) is 45.0 Å². The number of carbonyl (C=O) groups is 2. The topological polar surface area (TPSA) is 49.4 Å². The van der Waals surface area contributed by atoms with Gasteiger partial charge >= 0.3 is 0 Å². The quantitative estimate of drug-likeness (QED) is 0.459. The minimum atomic E-state index is -0.530. The van der Waals surface area contributed by atoms with Gasteiger partial charge in [-0.25, -0.2) is 0 Å². The smallest absolute Gasteiger partial charge is 0.242 e. The van der Waals surface area contributed by atoms with Crippen LogP contribution in [-0.2, 0) is 16.1 Å². The van der Waals surface area contributed by atoms with Crippen molar-refractivity contribution in [3.63, 3.8) is 0 Å². The lowest BCUT2D eigenvalue weighted by Crippen LogP contribution is -2.50. The van der Waals surface area contributed by atoms with Gasteiger partial charge in [0.2, 0.25) is 11.8 Å². The number of amides is 2. The second-order valence-electron chi connectivity index (χ2n) is 7.45. The average molecular weight is 467 g/mol. The molecule has 2 amide bonds. The van der Waals surface area contributed by atoms with E-state index < -0.39 is 6.04 Å². The third-order valence-corrected chi connectivity index (χ3v) is 6.01. The van der Waals surface area contributed by atoms with Crippen LogP contribution < -0.4 is 5.32 Å². The Morgan fingerprint density at radius 3 is 2.10 bits per heavy atom. The predicted octanol–water partition coefficient (Wildman–Crippen LogP) is 5.67. The van der Waals surface area contributed by atoms with Crippen molar-refractivity contribution < 1.29 is 9.59 Å². The maximum atomic E-state index is 13.2. The Hall–Kier alpha value is -1.69. The van der Waals surface area contributed by atoms with E-state index in [0.29, 0.717) is 35.5 Å². The van der Waals surface area contributed by atoms with E-state index in [9.17, 15) is 9.59 Å². The normalized spacial score (nSPS) is 11.9. The van der Waals surface area contributed by atoms with Crippen molar-refractivity contribution in [3.05, 3.63) is 64.1 Å². The van der Waals surface area contributed by atoms with Crippen LogP contribution in [0.2, 0.25) is 10.0 Å². The molecule has 0 aliphatic heterocycles. The Morgan fingerprint density at radius 1 is 1.00 bits per heavy atom. The second kappa shape index (κ2) is 12.2. The monoisotopic (exact) mass is 466 g/mol. The third kappa shape index (κ3) is 7.86. The summed E-state index contributed by atoms with van der Waals surface area (Å²) in [6.45, 7) is 6.94. The van der Waals surface area contributed by atoms with Gasteiger partial charge in [0.15, 0.2) is 0 Å². The van der Waals surface area contributed by atoms with Crippen molar-refractivity contribution >= 4 is 46.8 Å². The number of nitrogens with zero attached hydrogens (tertiary/aromatic N) is 1. The van der Waals surface area contributed by atoms with Gasteiger partial charge in [0.1, 0.15) is 6.04 Å². The average Bonchev–Trinajstić information content (AvgIpc) is 2.72. The Bertz CT molecular complexity index is 826. The van der Waals surface area contributed by atoms with Crippen molar-refractivity contribution in [3.8, 4) is 0 Å². The molecule has 0 unspecified atom stereocenters. The van der Waals surface area contributed by atoms with E-state index >= 15 is 0 Å². The molecule has 1 N–H and O–H groups in total. The maximum Gasteiger partial charge on any atom is 0.242 e. The number of hydrogen-bond donors (Lipinski definition) is 1. The Kier molecular flexibility index (Phi) is 10.0. The van der Waals surface area contributed by atoms with E-state index in [1.165, 1.54) is 11.8 Å². The highest BCUT2D eigenvalue weighted by Crippen LogP contribution is 2.22. The summed E-state index contributed by atoms with van der Waals surface area (Å²) < 4.78 is 0. The molecule has 0 fully saturated rings. The summed E-state index contributed by atoms with van der Waals surface area (Å²) >= 11 is 13.4. The van der Waals surface area contributed by atoms with E-state index in [2.05, 4.69) is 5.32 Å². The van der Waals surface area contributed by atoms with Crippen molar-refractivity contribution in [2.75, 3.05) is 12.3 Å². The number of benzene rings is 2. The summed E-state index contributed by atoms with van der Waals surface area (Å²) in [5.41, 5.74) is 0.930. The first-order valence-electron chi connectivity index (χ1n) is 10.00. The van der Waals surface area contributed by atoms with Crippen LogP contribution in [0.3, 0.4) is 0 Å². The van der Waals surface area contributed by atoms with Crippen LogP contribution in [0.4, 0.5) is 0 Å². The molecule has 0 spiro atoms. The zero-order valence-corrected chi connectivity index (χ0v) is 19.9. The summed E-state index contributed by atoms with van der Waals surface area (Å²) in [4.78, 5) is 28.6. The van der Waals surface area contributed by atoms with Crippen molar-refractivity contribution in [2.45, 2.75) is 44.7 Å². The lowest BCUT2D eigenvalue weighted by Gasteiger charge is -2.31.